The number of aromatic nitrogens is 4. The van der Waals surface area contributed by atoms with Crippen molar-refractivity contribution in [1.82, 2.24) is 20.2 Å². The minimum Gasteiger partial charge on any atom is -0.399 e. The van der Waals surface area contributed by atoms with Crippen LogP contribution in [0.1, 0.15) is 0 Å². The van der Waals surface area contributed by atoms with Crippen molar-refractivity contribution in [2.45, 2.75) is 0 Å². The van der Waals surface area contributed by atoms with Gasteiger partial charge in [-0.2, -0.15) is 4.68 Å². The molecule has 3 aromatic rings. The number of nitrogens with two attached hydrogens (primary N) is 1. The highest BCUT2D eigenvalue weighted by atomic mass is 19.1. The first-order valence-corrected chi connectivity index (χ1v) is 5.85. The van der Waals surface area contributed by atoms with Crippen LogP contribution < -0.4 is 5.73 Å². The third-order valence-electron chi connectivity index (χ3n) is 2.80. The van der Waals surface area contributed by atoms with Crippen LogP contribution in [0, 0.1) is 17.5 Å². The van der Waals surface area contributed by atoms with Crippen molar-refractivity contribution in [3.05, 3.63) is 53.8 Å². The van der Waals surface area contributed by atoms with Crippen molar-refractivity contribution < 1.29 is 13.2 Å². The van der Waals surface area contributed by atoms with Crippen LogP contribution >= 0.6 is 0 Å². The molecule has 0 bridgehead atoms. The van der Waals surface area contributed by atoms with E-state index < -0.39 is 17.5 Å². The van der Waals surface area contributed by atoms with E-state index in [1.165, 1.54) is 12.1 Å². The van der Waals surface area contributed by atoms with Gasteiger partial charge in [-0.3, -0.25) is 0 Å². The molecule has 3 rings (SSSR count). The van der Waals surface area contributed by atoms with Crippen LogP contribution in [0.4, 0.5) is 18.9 Å². The Morgan fingerprint density at radius 1 is 0.952 bits per heavy atom. The normalized spacial score (nSPS) is 10.8. The average Bonchev–Trinajstić information content (AvgIpc) is 2.86. The van der Waals surface area contributed by atoms with Crippen LogP contribution in [-0.4, -0.2) is 20.2 Å². The van der Waals surface area contributed by atoms with E-state index in [4.69, 9.17) is 5.73 Å². The van der Waals surface area contributed by atoms with Gasteiger partial charge in [0.25, 0.3) is 0 Å². The zero-order valence-electron chi connectivity index (χ0n) is 10.5. The molecular weight excluding hydrogens is 283 g/mol. The summed E-state index contributed by atoms with van der Waals surface area (Å²) in [6, 6.07) is 6.78. The number of hydrogen-bond donors (Lipinski definition) is 1. The van der Waals surface area contributed by atoms with E-state index >= 15 is 0 Å². The van der Waals surface area contributed by atoms with Crippen molar-refractivity contribution in [3.63, 3.8) is 0 Å². The largest absolute Gasteiger partial charge is 0.399 e. The maximum Gasteiger partial charge on any atom is 0.190 e. The average molecular weight is 291 g/mol. The third kappa shape index (κ3) is 2.42. The molecule has 0 radical (unpaired) electrons. The highest BCUT2D eigenvalue weighted by Crippen LogP contribution is 2.24. The summed E-state index contributed by atoms with van der Waals surface area (Å²) < 4.78 is 41.5. The quantitative estimate of drug-likeness (QED) is 0.736. The van der Waals surface area contributed by atoms with E-state index in [0.29, 0.717) is 0 Å². The summed E-state index contributed by atoms with van der Waals surface area (Å²) in [4.78, 5) is 0. The lowest BCUT2D eigenvalue weighted by molar-refractivity contribution is 0.579. The molecule has 8 heteroatoms. The van der Waals surface area contributed by atoms with Gasteiger partial charge >= 0.3 is 0 Å². The zero-order chi connectivity index (χ0) is 15.0. The Labute approximate surface area is 116 Å². The number of rotatable bonds is 2. The van der Waals surface area contributed by atoms with E-state index in [-0.39, 0.29) is 22.8 Å². The van der Waals surface area contributed by atoms with Gasteiger partial charge in [-0.1, -0.05) is 0 Å². The number of halogens is 3. The lowest BCUT2D eigenvalue weighted by atomic mass is 10.1. The van der Waals surface area contributed by atoms with Crippen LogP contribution in [0.15, 0.2) is 36.4 Å². The van der Waals surface area contributed by atoms with E-state index in [1.807, 2.05) is 0 Å². The maximum absolute atomic E-state index is 13.9. The molecule has 106 valence electrons. The van der Waals surface area contributed by atoms with Crippen LogP contribution in [-0.2, 0) is 0 Å². The lowest BCUT2D eigenvalue weighted by Gasteiger charge is -2.06. The van der Waals surface area contributed by atoms with Gasteiger partial charge in [-0.05, 0) is 40.8 Å². The van der Waals surface area contributed by atoms with Crippen LogP contribution in [0.3, 0.4) is 0 Å². The molecule has 2 N–H and O–H groups in total. The highest BCUT2D eigenvalue weighted by molar-refractivity contribution is 5.61. The lowest BCUT2D eigenvalue weighted by Crippen LogP contribution is -2.02. The summed E-state index contributed by atoms with van der Waals surface area (Å²) in [6.07, 6.45) is 0. The summed E-state index contributed by atoms with van der Waals surface area (Å²) >= 11 is 0. The molecule has 0 spiro atoms. The molecule has 5 nitrogen and oxygen atoms in total. The fraction of sp³-hybridized carbons (Fsp3) is 0. The Hall–Kier alpha value is -2.90. The van der Waals surface area contributed by atoms with E-state index in [2.05, 4.69) is 15.5 Å². The van der Waals surface area contributed by atoms with Crippen molar-refractivity contribution in [3.8, 4) is 17.1 Å². The number of benzene rings is 2. The SMILES string of the molecule is Nc1ccc(-c2nnnn2-c2cc(F)cc(F)c2)c(F)c1. The van der Waals surface area contributed by atoms with Gasteiger partial charge in [0.15, 0.2) is 5.82 Å². The molecule has 0 unspecified atom stereocenters. The molecule has 0 aliphatic carbocycles. The molecular formula is C13H8F3N5. The minimum absolute atomic E-state index is 0.0116. The van der Waals surface area contributed by atoms with E-state index in [1.54, 1.807) is 0 Å². The molecule has 1 heterocycles. The first kappa shape index (κ1) is 13.1. The number of nitrogen functional groups attached to an aromatic ring is 1. The molecule has 0 aliphatic rings. The molecule has 0 fully saturated rings. The Balaban J connectivity index is 2.17. The summed E-state index contributed by atoms with van der Waals surface area (Å²) in [7, 11) is 0. The van der Waals surface area contributed by atoms with Gasteiger partial charge in [-0.25, -0.2) is 13.2 Å². The molecule has 0 saturated carbocycles. The topological polar surface area (TPSA) is 69.6 Å². The summed E-state index contributed by atoms with van der Waals surface area (Å²) in [6.45, 7) is 0. The Kier molecular flexibility index (Phi) is 3.05. The first-order valence-electron chi connectivity index (χ1n) is 5.85. The fourth-order valence-corrected chi connectivity index (χ4v) is 1.90. The molecule has 0 atom stereocenters. The second kappa shape index (κ2) is 4.89. The standard InChI is InChI=1S/C13H8F3N5/c14-7-3-8(15)5-10(4-7)21-13(18-19-20-21)11-2-1-9(17)6-12(11)16/h1-6H,17H2. The predicted molar refractivity (Wildman–Crippen MR) is 68.9 cm³/mol. The fourth-order valence-electron chi connectivity index (χ4n) is 1.90. The monoisotopic (exact) mass is 291 g/mol. The number of tetrazole rings is 1. The van der Waals surface area contributed by atoms with Crippen molar-refractivity contribution in [2.75, 3.05) is 5.73 Å². The molecule has 0 aliphatic heterocycles. The molecule has 0 saturated heterocycles. The van der Waals surface area contributed by atoms with Crippen molar-refractivity contribution >= 4 is 5.69 Å². The Morgan fingerprint density at radius 3 is 2.33 bits per heavy atom. The van der Waals surface area contributed by atoms with Gasteiger partial charge in [0.2, 0.25) is 0 Å². The van der Waals surface area contributed by atoms with Crippen LogP contribution in [0.5, 0.6) is 0 Å². The van der Waals surface area contributed by atoms with Gasteiger partial charge in [0.05, 0.1) is 11.3 Å². The third-order valence-corrected chi connectivity index (χ3v) is 2.80. The molecule has 21 heavy (non-hydrogen) atoms. The van der Waals surface area contributed by atoms with Crippen molar-refractivity contribution in [1.29, 1.82) is 0 Å². The second-order valence-electron chi connectivity index (χ2n) is 4.28. The number of nitrogens with zero attached hydrogens (tertiary/aromatic N) is 4. The molecule has 2 aromatic carbocycles. The summed E-state index contributed by atoms with van der Waals surface area (Å²) in [5.41, 5.74) is 5.83. The second-order valence-corrected chi connectivity index (χ2v) is 4.28. The number of hydrogen-bond acceptors (Lipinski definition) is 4. The van der Waals surface area contributed by atoms with Crippen LogP contribution in [0.25, 0.3) is 17.1 Å². The van der Waals surface area contributed by atoms with Gasteiger partial charge in [0, 0.05) is 11.8 Å². The van der Waals surface area contributed by atoms with Gasteiger partial charge < -0.3 is 5.73 Å². The molecule has 0 amide bonds. The minimum atomic E-state index is -0.788. The molecule has 1 aromatic heterocycles. The van der Waals surface area contributed by atoms with E-state index in [0.717, 1.165) is 28.9 Å². The number of anilines is 1. The highest BCUT2D eigenvalue weighted by Gasteiger charge is 2.16. The summed E-state index contributed by atoms with van der Waals surface area (Å²) in [5.74, 6) is -2.20. The predicted octanol–water partition coefficient (Wildman–Crippen LogP) is 2.33. The maximum atomic E-state index is 13.9. The van der Waals surface area contributed by atoms with E-state index in [9.17, 15) is 13.2 Å². The van der Waals surface area contributed by atoms with Gasteiger partial charge in [0.1, 0.15) is 17.5 Å². The zero-order valence-corrected chi connectivity index (χ0v) is 10.5. The first-order chi connectivity index (χ1) is 10.0. The van der Waals surface area contributed by atoms with Crippen molar-refractivity contribution in [2.24, 2.45) is 0 Å². The smallest absolute Gasteiger partial charge is 0.190 e. The van der Waals surface area contributed by atoms with Crippen LogP contribution in [0.2, 0.25) is 0 Å². The summed E-state index contributed by atoms with van der Waals surface area (Å²) in [5, 5.41) is 10.7. The Bertz CT molecular complexity index is 795. The van der Waals surface area contributed by atoms with Gasteiger partial charge in [-0.15, -0.1) is 5.10 Å². The Morgan fingerprint density at radius 2 is 1.67 bits per heavy atom.